The molecule has 2 aliphatic carbocycles. The van der Waals surface area contributed by atoms with E-state index in [-0.39, 0.29) is 23.7 Å². The van der Waals surface area contributed by atoms with E-state index in [4.69, 9.17) is 9.47 Å². The van der Waals surface area contributed by atoms with Crippen LogP contribution in [-0.4, -0.2) is 41.7 Å². The van der Waals surface area contributed by atoms with Crippen LogP contribution in [0.1, 0.15) is 55.8 Å². The summed E-state index contributed by atoms with van der Waals surface area (Å²) < 4.78 is 12.1. The van der Waals surface area contributed by atoms with Gasteiger partial charge in [0.05, 0.1) is 36.5 Å². The minimum Gasteiger partial charge on any atom is -0.490 e. The Morgan fingerprint density at radius 3 is 2.70 bits per heavy atom. The fraction of sp³-hybridized carbons (Fsp3) is 0.632. The van der Waals surface area contributed by atoms with E-state index >= 15 is 0 Å². The third-order valence-electron chi connectivity index (χ3n) is 5.61. The van der Waals surface area contributed by atoms with Crippen LogP contribution in [0, 0.1) is 0 Å². The highest BCUT2D eigenvalue weighted by Gasteiger charge is 2.45. The molecule has 1 atom stereocenters. The first-order valence-corrected chi connectivity index (χ1v) is 8.87. The van der Waals surface area contributed by atoms with E-state index in [1.54, 1.807) is 0 Å². The number of para-hydroxylation sites is 1. The summed E-state index contributed by atoms with van der Waals surface area (Å²) in [6.45, 7) is 3.42. The van der Waals surface area contributed by atoms with Gasteiger partial charge in [0.2, 0.25) is 0 Å². The van der Waals surface area contributed by atoms with Crippen LogP contribution in [-0.2, 0) is 4.74 Å². The summed E-state index contributed by atoms with van der Waals surface area (Å²) in [5.41, 5.74) is 0.619. The van der Waals surface area contributed by atoms with Crippen molar-refractivity contribution in [3.63, 3.8) is 0 Å². The van der Waals surface area contributed by atoms with Crippen molar-refractivity contribution in [1.29, 1.82) is 0 Å². The predicted molar refractivity (Wildman–Crippen MR) is 87.7 cm³/mol. The Bertz CT molecular complexity index is 592. The van der Waals surface area contributed by atoms with Crippen LogP contribution in [0.15, 0.2) is 24.3 Å². The first kappa shape index (κ1) is 15.0. The van der Waals surface area contributed by atoms with Gasteiger partial charge in [-0.3, -0.25) is 4.79 Å². The smallest absolute Gasteiger partial charge is 0.258 e. The third kappa shape index (κ3) is 2.74. The number of rotatable bonds is 3. The van der Waals surface area contributed by atoms with E-state index in [1.165, 1.54) is 12.8 Å². The number of morpholine rings is 1. The van der Waals surface area contributed by atoms with Gasteiger partial charge in [-0.1, -0.05) is 12.1 Å². The Hall–Kier alpha value is -1.55. The van der Waals surface area contributed by atoms with Crippen molar-refractivity contribution in [2.24, 2.45) is 0 Å². The SMILES string of the molecule is C[C@H]1COC2(CCC2)CN1C(=O)c1ccccc1OC1CCC1. The van der Waals surface area contributed by atoms with Crippen LogP contribution in [0.5, 0.6) is 5.75 Å². The van der Waals surface area contributed by atoms with E-state index < -0.39 is 0 Å². The summed E-state index contributed by atoms with van der Waals surface area (Å²) in [4.78, 5) is 15.1. The van der Waals surface area contributed by atoms with Gasteiger partial charge in [0.1, 0.15) is 5.75 Å². The van der Waals surface area contributed by atoms with Crippen molar-refractivity contribution >= 4 is 5.91 Å². The molecule has 4 nitrogen and oxygen atoms in total. The minimum absolute atomic E-state index is 0.0774. The lowest BCUT2D eigenvalue weighted by atomic mass is 9.78. The van der Waals surface area contributed by atoms with E-state index in [0.29, 0.717) is 18.7 Å². The zero-order valence-corrected chi connectivity index (χ0v) is 13.8. The lowest BCUT2D eigenvalue weighted by molar-refractivity contribution is -0.158. The molecule has 0 unspecified atom stereocenters. The van der Waals surface area contributed by atoms with Gasteiger partial charge in [0.25, 0.3) is 5.91 Å². The molecular formula is C19H25NO3. The second-order valence-corrected chi connectivity index (χ2v) is 7.30. The van der Waals surface area contributed by atoms with Crippen LogP contribution in [0.3, 0.4) is 0 Å². The number of amides is 1. The molecule has 1 spiro atoms. The van der Waals surface area contributed by atoms with Crippen molar-refractivity contribution in [2.45, 2.75) is 63.2 Å². The molecule has 1 aromatic carbocycles. The second-order valence-electron chi connectivity index (χ2n) is 7.30. The fourth-order valence-electron chi connectivity index (χ4n) is 3.61. The first-order chi connectivity index (χ1) is 11.2. The largest absolute Gasteiger partial charge is 0.490 e. The maximum absolute atomic E-state index is 13.1. The van der Waals surface area contributed by atoms with Gasteiger partial charge in [-0.25, -0.2) is 0 Å². The number of benzene rings is 1. The zero-order valence-electron chi connectivity index (χ0n) is 13.8. The summed E-state index contributed by atoms with van der Waals surface area (Å²) in [5, 5.41) is 0. The summed E-state index contributed by atoms with van der Waals surface area (Å²) in [6.07, 6.45) is 7.05. The topological polar surface area (TPSA) is 38.8 Å². The molecule has 2 saturated carbocycles. The molecular weight excluding hydrogens is 290 g/mol. The van der Waals surface area contributed by atoms with E-state index in [2.05, 4.69) is 6.92 Å². The van der Waals surface area contributed by atoms with Gasteiger partial charge in [-0.15, -0.1) is 0 Å². The Kier molecular flexibility index (Phi) is 3.80. The number of carbonyl (C=O) groups is 1. The molecule has 0 bridgehead atoms. The van der Waals surface area contributed by atoms with Crippen LogP contribution in [0.2, 0.25) is 0 Å². The average molecular weight is 315 g/mol. The van der Waals surface area contributed by atoms with Gasteiger partial charge >= 0.3 is 0 Å². The molecule has 23 heavy (non-hydrogen) atoms. The zero-order chi connectivity index (χ0) is 15.9. The molecule has 0 radical (unpaired) electrons. The summed E-state index contributed by atoms with van der Waals surface area (Å²) in [7, 11) is 0. The molecule has 124 valence electrons. The molecule has 0 N–H and O–H groups in total. The maximum Gasteiger partial charge on any atom is 0.258 e. The molecule has 1 saturated heterocycles. The molecule has 4 rings (SSSR count). The highest BCUT2D eigenvalue weighted by atomic mass is 16.5. The molecule has 0 aromatic heterocycles. The van der Waals surface area contributed by atoms with E-state index in [0.717, 1.165) is 31.4 Å². The Balaban J connectivity index is 1.55. The van der Waals surface area contributed by atoms with Gasteiger partial charge in [0.15, 0.2) is 0 Å². The molecule has 1 aromatic rings. The quantitative estimate of drug-likeness (QED) is 0.858. The van der Waals surface area contributed by atoms with E-state index in [1.807, 2.05) is 29.2 Å². The summed E-state index contributed by atoms with van der Waals surface area (Å²) in [6, 6.07) is 7.80. The van der Waals surface area contributed by atoms with Crippen molar-refractivity contribution in [3.05, 3.63) is 29.8 Å². The van der Waals surface area contributed by atoms with Crippen LogP contribution in [0.4, 0.5) is 0 Å². The highest BCUT2D eigenvalue weighted by Crippen LogP contribution is 2.40. The van der Waals surface area contributed by atoms with Crippen molar-refractivity contribution in [1.82, 2.24) is 4.90 Å². The maximum atomic E-state index is 13.1. The minimum atomic E-state index is -0.0774. The molecule has 1 heterocycles. The van der Waals surface area contributed by atoms with Crippen molar-refractivity contribution < 1.29 is 14.3 Å². The number of nitrogens with zero attached hydrogens (tertiary/aromatic N) is 1. The Labute approximate surface area is 137 Å². The van der Waals surface area contributed by atoms with Crippen molar-refractivity contribution in [2.75, 3.05) is 13.2 Å². The Morgan fingerprint density at radius 1 is 1.26 bits per heavy atom. The summed E-state index contributed by atoms with van der Waals surface area (Å²) >= 11 is 0. The first-order valence-electron chi connectivity index (χ1n) is 8.87. The van der Waals surface area contributed by atoms with Crippen LogP contribution >= 0.6 is 0 Å². The number of hydrogen-bond acceptors (Lipinski definition) is 3. The standard InChI is InChI=1S/C19H25NO3/c1-14-12-22-19(10-5-11-19)13-20(14)18(21)16-8-2-3-9-17(16)23-15-6-4-7-15/h2-3,8-9,14-15H,4-7,10-13H2,1H3/t14-/m0/s1. The van der Waals surface area contributed by atoms with Gasteiger partial charge in [0, 0.05) is 0 Å². The normalized spacial score (nSPS) is 26.5. The summed E-state index contributed by atoms with van der Waals surface area (Å²) in [5.74, 6) is 0.825. The second kappa shape index (κ2) is 5.82. The molecule has 3 fully saturated rings. The van der Waals surface area contributed by atoms with Crippen LogP contribution < -0.4 is 4.74 Å². The van der Waals surface area contributed by atoms with Gasteiger partial charge in [-0.2, -0.15) is 0 Å². The molecule has 1 aliphatic heterocycles. The number of ether oxygens (including phenoxy) is 2. The number of hydrogen-bond donors (Lipinski definition) is 0. The average Bonchev–Trinajstić information content (AvgIpc) is 2.50. The van der Waals surface area contributed by atoms with Gasteiger partial charge in [-0.05, 0) is 57.6 Å². The van der Waals surface area contributed by atoms with Crippen LogP contribution in [0.25, 0.3) is 0 Å². The molecule has 1 amide bonds. The lowest BCUT2D eigenvalue weighted by Gasteiger charge is -2.50. The van der Waals surface area contributed by atoms with Gasteiger partial charge < -0.3 is 14.4 Å². The Morgan fingerprint density at radius 2 is 2.04 bits per heavy atom. The monoisotopic (exact) mass is 315 g/mol. The molecule has 4 heteroatoms. The van der Waals surface area contributed by atoms with E-state index in [9.17, 15) is 4.79 Å². The highest BCUT2D eigenvalue weighted by molar-refractivity contribution is 5.97. The fourth-order valence-corrected chi connectivity index (χ4v) is 3.61. The van der Waals surface area contributed by atoms with Crippen molar-refractivity contribution in [3.8, 4) is 5.75 Å². The lowest BCUT2D eigenvalue weighted by Crippen LogP contribution is -2.60. The predicted octanol–water partition coefficient (Wildman–Crippen LogP) is 3.40. The number of carbonyl (C=O) groups excluding carboxylic acids is 1. The molecule has 3 aliphatic rings. The third-order valence-corrected chi connectivity index (χ3v) is 5.61.